The number of pyridine rings is 1. The van der Waals surface area contributed by atoms with Crippen LogP contribution in [0, 0.1) is 5.41 Å². The van der Waals surface area contributed by atoms with Crippen molar-refractivity contribution in [3.63, 3.8) is 0 Å². The van der Waals surface area contributed by atoms with Crippen LogP contribution in [0.1, 0.15) is 18.5 Å². The highest BCUT2D eigenvalue weighted by atomic mass is 16.2. The summed E-state index contributed by atoms with van der Waals surface area (Å²) in [5.41, 5.74) is 0.728. The molecule has 1 aromatic carbocycles. The standard InChI is InChI=1S/C23H23N5O3/c29-20(14-28-16-25-19-7-2-1-6-18(19)21(28)30)27-12-9-23(15-27)8-11-26(22(23)31)13-17-5-3-4-10-24-17/h1-7,10,16H,8-9,11-15H2. The average Bonchev–Trinajstić information content (AvgIpc) is 3.36. The zero-order chi connectivity index (χ0) is 21.4. The molecule has 0 aliphatic carbocycles. The first kappa shape index (κ1) is 19.4. The molecule has 158 valence electrons. The summed E-state index contributed by atoms with van der Waals surface area (Å²) in [6, 6.07) is 12.8. The molecule has 1 unspecified atom stereocenters. The first-order chi connectivity index (χ1) is 15.1. The van der Waals surface area contributed by atoms with Gasteiger partial charge in [0.25, 0.3) is 5.56 Å². The Morgan fingerprint density at radius 3 is 2.65 bits per heavy atom. The van der Waals surface area contributed by atoms with Gasteiger partial charge in [0.05, 0.1) is 34.9 Å². The van der Waals surface area contributed by atoms with Crippen molar-refractivity contribution >= 4 is 22.7 Å². The van der Waals surface area contributed by atoms with E-state index < -0.39 is 5.41 Å². The Bertz CT molecular complexity index is 1210. The third-order valence-corrected chi connectivity index (χ3v) is 6.42. The Labute approximate surface area is 179 Å². The van der Waals surface area contributed by atoms with Gasteiger partial charge in [0.1, 0.15) is 6.54 Å². The summed E-state index contributed by atoms with van der Waals surface area (Å²) in [4.78, 5) is 50.9. The number of carbonyl (C=O) groups is 2. The van der Waals surface area contributed by atoms with Crippen LogP contribution in [0.15, 0.2) is 59.8 Å². The number of hydrogen-bond acceptors (Lipinski definition) is 5. The second-order valence-electron chi connectivity index (χ2n) is 8.34. The first-order valence-electron chi connectivity index (χ1n) is 10.5. The number of aromatic nitrogens is 3. The van der Waals surface area contributed by atoms with Crippen LogP contribution < -0.4 is 5.56 Å². The lowest BCUT2D eigenvalue weighted by Crippen LogP contribution is -2.40. The van der Waals surface area contributed by atoms with Gasteiger partial charge in [-0.15, -0.1) is 0 Å². The minimum Gasteiger partial charge on any atom is -0.340 e. The van der Waals surface area contributed by atoms with Crippen molar-refractivity contribution in [3.05, 3.63) is 71.0 Å². The molecule has 2 aliphatic rings. The molecule has 2 saturated heterocycles. The van der Waals surface area contributed by atoms with E-state index in [2.05, 4.69) is 9.97 Å². The van der Waals surface area contributed by atoms with E-state index in [-0.39, 0.29) is 23.9 Å². The van der Waals surface area contributed by atoms with Crippen molar-refractivity contribution in [1.82, 2.24) is 24.3 Å². The minimum atomic E-state index is -0.517. The lowest BCUT2D eigenvalue weighted by atomic mass is 9.85. The number of carbonyl (C=O) groups excluding carboxylic acids is 2. The van der Waals surface area contributed by atoms with Crippen LogP contribution in [0.25, 0.3) is 10.9 Å². The normalized spacial score (nSPS) is 20.8. The van der Waals surface area contributed by atoms with Crippen LogP contribution in [0.4, 0.5) is 0 Å². The fourth-order valence-electron chi connectivity index (χ4n) is 4.66. The van der Waals surface area contributed by atoms with E-state index in [9.17, 15) is 14.4 Å². The molecule has 1 spiro atoms. The zero-order valence-electron chi connectivity index (χ0n) is 17.1. The number of benzene rings is 1. The molecule has 2 fully saturated rings. The number of hydrogen-bond donors (Lipinski definition) is 0. The van der Waals surface area contributed by atoms with Crippen molar-refractivity contribution in [2.45, 2.75) is 25.9 Å². The van der Waals surface area contributed by atoms with Crippen molar-refractivity contribution in [2.24, 2.45) is 5.41 Å². The average molecular weight is 417 g/mol. The van der Waals surface area contributed by atoms with E-state index in [4.69, 9.17) is 0 Å². The van der Waals surface area contributed by atoms with E-state index in [1.807, 2.05) is 29.2 Å². The molecular formula is C23H23N5O3. The molecule has 5 rings (SSSR count). The first-order valence-corrected chi connectivity index (χ1v) is 10.5. The van der Waals surface area contributed by atoms with Crippen LogP contribution in [0.5, 0.6) is 0 Å². The second-order valence-corrected chi connectivity index (χ2v) is 8.34. The monoisotopic (exact) mass is 417 g/mol. The molecule has 4 heterocycles. The Balaban J connectivity index is 1.27. The molecule has 2 aliphatic heterocycles. The maximum Gasteiger partial charge on any atom is 0.261 e. The predicted molar refractivity (Wildman–Crippen MR) is 114 cm³/mol. The summed E-state index contributed by atoms with van der Waals surface area (Å²) in [7, 11) is 0. The Morgan fingerprint density at radius 2 is 1.81 bits per heavy atom. The number of nitrogens with zero attached hydrogens (tertiary/aromatic N) is 5. The quantitative estimate of drug-likeness (QED) is 0.641. The highest BCUT2D eigenvalue weighted by molar-refractivity contribution is 5.87. The summed E-state index contributed by atoms with van der Waals surface area (Å²) in [5, 5.41) is 0.492. The Morgan fingerprint density at radius 1 is 1.00 bits per heavy atom. The molecule has 0 bridgehead atoms. The van der Waals surface area contributed by atoms with Crippen molar-refractivity contribution in [1.29, 1.82) is 0 Å². The van der Waals surface area contributed by atoms with Gasteiger partial charge in [-0.3, -0.25) is 23.9 Å². The van der Waals surface area contributed by atoms with E-state index in [0.29, 0.717) is 43.5 Å². The highest BCUT2D eigenvalue weighted by Gasteiger charge is 2.51. The molecule has 0 radical (unpaired) electrons. The summed E-state index contributed by atoms with van der Waals surface area (Å²) in [6.07, 6.45) is 4.54. The van der Waals surface area contributed by atoms with Gasteiger partial charge in [-0.05, 0) is 37.1 Å². The summed E-state index contributed by atoms with van der Waals surface area (Å²) < 4.78 is 1.35. The van der Waals surface area contributed by atoms with Gasteiger partial charge in [-0.1, -0.05) is 18.2 Å². The molecule has 31 heavy (non-hydrogen) atoms. The molecule has 3 aromatic rings. The van der Waals surface area contributed by atoms with E-state index >= 15 is 0 Å². The topological polar surface area (TPSA) is 88.4 Å². The van der Waals surface area contributed by atoms with E-state index in [0.717, 1.165) is 12.1 Å². The van der Waals surface area contributed by atoms with Crippen LogP contribution >= 0.6 is 0 Å². The SMILES string of the molecule is O=C(Cn1cnc2ccccc2c1=O)N1CCC2(CCN(Cc3ccccn3)C2=O)C1. The fourth-order valence-corrected chi connectivity index (χ4v) is 4.66. The lowest BCUT2D eigenvalue weighted by Gasteiger charge is -2.23. The summed E-state index contributed by atoms with van der Waals surface area (Å²) in [5.74, 6) is -0.0648. The van der Waals surface area contributed by atoms with Crippen molar-refractivity contribution in [3.8, 4) is 0 Å². The smallest absolute Gasteiger partial charge is 0.261 e. The number of likely N-dealkylation sites (tertiary alicyclic amines) is 2. The van der Waals surface area contributed by atoms with Gasteiger partial charge in [-0.2, -0.15) is 0 Å². The summed E-state index contributed by atoms with van der Waals surface area (Å²) in [6.45, 7) is 2.02. The molecule has 8 nitrogen and oxygen atoms in total. The van der Waals surface area contributed by atoms with Crippen LogP contribution in [0.2, 0.25) is 0 Å². The maximum atomic E-state index is 13.2. The van der Waals surface area contributed by atoms with Gasteiger partial charge < -0.3 is 9.80 Å². The number of fused-ring (bicyclic) bond motifs is 1. The largest absolute Gasteiger partial charge is 0.340 e. The zero-order valence-corrected chi connectivity index (χ0v) is 17.1. The van der Waals surface area contributed by atoms with Gasteiger partial charge in [0, 0.05) is 25.8 Å². The molecule has 2 amide bonds. The van der Waals surface area contributed by atoms with Crippen molar-refractivity contribution in [2.75, 3.05) is 19.6 Å². The molecule has 1 atom stereocenters. The van der Waals surface area contributed by atoms with Crippen molar-refractivity contribution < 1.29 is 9.59 Å². The van der Waals surface area contributed by atoms with Crippen LogP contribution in [0.3, 0.4) is 0 Å². The second kappa shape index (κ2) is 7.61. The van der Waals surface area contributed by atoms with Crippen LogP contribution in [-0.4, -0.2) is 55.8 Å². The third-order valence-electron chi connectivity index (χ3n) is 6.42. The number of para-hydroxylation sites is 1. The molecule has 2 aromatic heterocycles. The predicted octanol–water partition coefficient (Wildman–Crippen LogP) is 1.44. The number of rotatable bonds is 4. The van der Waals surface area contributed by atoms with E-state index in [1.165, 1.54) is 10.9 Å². The molecule has 8 heteroatoms. The van der Waals surface area contributed by atoms with E-state index in [1.54, 1.807) is 29.3 Å². The lowest BCUT2D eigenvalue weighted by molar-refractivity contribution is -0.137. The fraction of sp³-hybridized carbons (Fsp3) is 0.348. The summed E-state index contributed by atoms with van der Waals surface area (Å²) >= 11 is 0. The maximum absolute atomic E-state index is 13.2. The highest BCUT2D eigenvalue weighted by Crippen LogP contribution is 2.41. The molecule has 0 N–H and O–H groups in total. The Kier molecular flexibility index (Phi) is 4.77. The third kappa shape index (κ3) is 3.48. The molecular weight excluding hydrogens is 394 g/mol. The van der Waals surface area contributed by atoms with Gasteiger partial charge in [0.15, 0.2) is 0 Å². The van der Waals surface area contributed by atoms with Gasteiger partial charge in [-0.25, -0.2) is 4.98 Å². The molecule has 0 saturated carbocycles. The number of amides is 2. The van der Waals surface area contributed by atoms with Gasteiger partial charge in [0.2, 0.25) is 11.8 Å². The van der Waals surface area contributed by atoms with Crippen LogP contribution in [-0.2, 0) is 22.7 Å². The minimum absolute atomic E-state index is 0.0708. The Hall–Kier alpha value is -3.55. The van der Waals surface area contributed by atoms with Gasteiger partial charge >= 0.3 is 0 Å².